The molecule has 1 aliphatic rings. The number of aromatic nitrogens is 2. The molecule has 3 aromatic rings. The summed E-state index contributed by atoms with van der Waals surface area (Å²) in [5.41, 5.74) is 2.84. The average Bonchev–Trinajstić information content (AvgIpc) is 2.75. The van der Waals surface area contributed by atoms with E-state index in [1.54, 1.807) is 0 Å². The summed E-state index contributed by atoms with van der Waals surface area (Å²) in [6.07, 6.45) is 2.56. The quantitative estimate of drug-likeness (QED) is 0.325. The fourth-order valence-corrected chi connectivity index (χ4v) is 3.88. The number of anilines is 2. The number of halogens is 1. The molecule has 0 saturated carbocycles. The van der Waals surface area contributed by atoms with E-state index in [0.29, 0.717) is 25.2 Å². The number of nitrogens with zero attached hydrogens (tertiary/aromatic N) is 4. The molecule has 2 heterocycles. The normalized spacial score (nSPS) is 15.2. The van der Waals surface area contributed by atoms with Crippen molar-refractivity contribution < 1.29 is 10.3 Å². The van der Waals surface area contributed by atoms with Gasteiger partial charge in [-0.15, -0.1) is 10.2 Å². The summed E-state index contributed by atoms with van der Waals surface area (Å²) in [5, 5.41) is 36.8. The minimum absolute atomic E-state index is 0.255. The molecule has 156 valence electrons. The lowest BCUT2D eigenvalue weighted by Gasteiger charge is -2.31. The number of hydrogen-bond acceptors (Lipinski definition) is 7. The zero-order valence-corrected chi connectivity index (χ0v) is 17.5. The largest absolute Gasteiger partial charge is 0.411 e. The van der Waals surface area contributed by atoms with Gasteiger partial charge in [0.15, 0.2) is 11.6 Å². The van der Waals surface area contributed by atoms with Crippen LogP contribution in [0.2, 0.25) is 5.02 Å². The maximum atomic E-state index is 9.82. The zero-order valence-electron chi connectivity index (χ0n) is 16.7. The Labute approximate surface area is 180 Å². The lowest BCUT2D eigenvalue weighted by molar-refractivity contribution is 0.145. The van der Waals surface area contributed by atoms with E-state index in [1.807, 2.05) is 43.3 Å². The second kappa shape index (κ2) is 8.85. The maximum Gasteiger partial charge on any atom is 0.159 e. The maximum absolute atomic E-state index is 9.82. The first-order valence-corrected chi connectivity index (χ1v) is 10.3. The molecule has 2 aromatic carbocycles. The van der Waals surface area contributed by atoms with Crippen LogP contribution in [-0.2, 0) is 6.54 Å². The third-order valence-corrected chi connectivity index (χ3v) is 5.86. The Hall–Kier alpha value is -2.90. The molecule has 1 aromatic heterocycles. The topological polar surface area (TPSA) is 93.9 Å². The number of aryl methyl sites for hydroxylation is 1. The summed E-state index contributed by atoms with van der Waals surface area (Å²) in [4.78, 5) is 2.16. The number of aliphatic hydroxyl groups is 1. The van der Waals surface area contributed by atoms with E-state index in [2.05, 4.69) is 25.6 Å². The van der Waals surface area contributed by atoms with Crippen LogP contribution in [0.1, 0.15) is 29.5 Å². The predicted octanol–water partition coefficient (Wildman–Crippen LogP) is 3.97. The fourth-order valence-electron chi connectivity index (χ4n) is 3.68. The van der Waals surface area contributed by atoms with E-state index < -0.39 is 0 Å². The molecule has 0 spiro atoms. The number of fused-ring (bicyclic) bond motifs is 1. The average molecular weight is 426 g/mol. The van der Waals surface area contributed by atoms with Crippen LogP contribution >= 0.6 is 11.6 Å². The lowest BCUT2D eigenvalue weighted by atomic mass is 10.1. The molecule has 0 atom stereocenters. The lowest BCUT2D eigenvalue weighted by Crippen LogP contribution is -2.36. The van der Waals surface area contributed by atoms with Gasteiger partial charge in [0.05, 0.1) is 12.3 Å². The van der Waals surface area contributed by atoms with Crippen molar-refractivity contribution in [2.75, 3.05) is 23.3 Å². The van der Waals surface area contributed by atoms with Crippen LogP contribution in [0.15, 0.2) is 41.6 Å². The summed E-state index contributed by atoms with van der Waals surface area (Å²) < 4.78 is 0. The summed E-state index contributed by atoms with van der Waals surface area (Å²) in [6, 6.07) is 11.7. The summed E-state index contributed by atoms with van der Waals surface area (Å²) >= 11 is 6.25. The standard InChI is InChI=1S/C22H24ClN5O2/c1-14-2-3-16(11-20(14)23)12-24-21-19-10-15(13-25-30)4-5-18(19)22(27-26-21)28-8-6-17(29)7-9-28/h2-5,10-11,13,17,29-30H,6-9,12H2,1H3,(H,24,26)/b25-13+. The van der Waals surface area contributed by atoms with Crippen LogP contribution in [0.25, 0.3) is 10.8 Å². The summed E-state index contributed by atoms with van der Waals surface area (Å²) in [5.74, 6) is 1.45. The van der Waals surface area contributed by atoms with Crippen molar-refractivity contribution in [1.82, 2.24) is 10.2 Å². The molecular formula is C22H24ClN5O2. The smallest absolute Gasteiger partial charge is 0.159 e. The number of piperidine rings is 1. The van der Waals surface area contributed by atoms with Crippen molar-refractivity contribution in [1.29, 1.82) is 0 Å². The van der Waals surface area contributed by atoms with Crippen LogP contribution in [0.4, 0.5) is 11.6 Å². The Balaban J connectivity index is 1.68. The zero-order chi connectivity index (χ0) is 21.1. The molecule has 30 heavy (non-hydrogen) atoms. The molecule has 0 aliphatic carbocycles. The highest BCUT2D eigenvalue weighted by atomic mass is 35.5. The van der Waals surface area contributed by atoms with Crippen molar-refractivity contribution in [3.63, 3.8) is 0 Å². The summed E-state index contributed by atoms with van der Waals surface area (Å²) in [6.45, 7) is 4.00. The van der Waals surface area contributed by atoms with Gasteiger partial charge in [-0.3, -0.25) is 0 Å². The Morgan fingerprint density at radius 1 is 1.17 bits per heavy atom. The number of aliphatic hydroxyl groups excluding tert-OH is 1. The minimum Gasteiger partial charge on any atom is -0.411 e. The fraction of sp³-hybridized carbons (Fsp3) is 0.318. The molecule has 0 radical (unpaired) electrons. The third kappa shape index (κ3) is 4.32. The Bertz CT molecular complexity index is 1080. The van der Waals surface area contributed by atoms with E-state index in [0.717, 1.165) is 51.4 Å². The van der Waals surface area contributed by atoms with Gasteiger partial charge in [0.25, 0.3) is 0 Å². The van der Waals surface area contributed by atoms with Crippen molar-refractivity contribution in [2.24, 2.45) is 5.16 Å². The molecule has 7 nitrogen and oxygen atoms in total. The van der Waals surface area contributed by atoms with Crippen LogP contribution < -0.4 is 10.2 Å². The van der Waals surface area contributed by atoms with Gasteiger partial charge in [-0.1, -0.05) is 35.0 Å². The number of nitrogens with one attached hydrogen (secondary N) is 1. The minimum atomic E-state index is -0.255. The number of rotatable bonds is 5. The highest BCUT2D eigenvalue weighted by Crippen LogP contribution is 2.31. The molecule has 1 aliphatic heterocycles. The van der Waals surface area contributed by atoms with Crippen LogP contribution in [0, 0.1) is 6.92 Å². The SMILES string of the molecule is Cc1ccc(CNc2nnc(N3CCC(O)CC3)c3ccc(/C=N/O)cc23)cc1Cl. The third-order valence-electron chi connectivity index (χ3n) is 5.45. The highest BCUT2D eigenvalue weighted by Gasteiger charge is 2.21. The van der Waals surface area contributed by atoms with Gasteiger partial charge in [-0.2, -0.15) is 0 Å². The predicted molar refractivity (Wildman–Crippen MR) is 120 cm³/mol. The molecule has 0 amide bonds. The molecule has 3 N–H and O–H groups in total. The van der Waals surface area contributed by atoms with Crippen molar-refractivity contribution in [2.45, 2.75) is 32.4 Å². The second-order valence-electron chi connectivity index (χ2n) is 7.58. The van der Waals surface area contributed by atoms with Crippen LogP contribution in [0.5, 0.6) is 0 Å². The first-order valence-electron chi connectivity index (χ1n) is 9.95. The van der Waals surface area contributed by atoms with Crippen molar-refractivity contribution in [3.05, 3.63) is 58.1 Å². The molecular weight excluding hydrogens is 402 g/mol. The Morgan fingerprint density at radius 2 is 1.97 bits per heavy atom. The molecule has 1 fully saturated rings. The molecule has 1 saturated heterocycles. The van der Waals surface area contributed by atoms with Crippen molar-refractivity contribution in [3.8, 4) is 0 Å². The van der Waals surface area contributed by atoms with E-state index in [4.69, 9.17) is 16.8 Å². The first kappa shape index (κ1) is 20.4. The van der Waals surface area contributed by atoms with Gasteiger partial charge in [0.2, 0.25) is 0 Å². The van der Waals surface area contributed by atoms with E-state index in [-0.39, 0.29) is 6.10 Å². The molecule has 0 unspecified atom stereocenters. The van der Waals surface area contributed by atoms with E-state index >= 15 is 0 Å². The van der Waals surface area contributed by atoms with Gasteiger partial charge in [-0.25, -0.2) is 0 Å². The van der Waals surface area contributed by atoms with Gasteiger partial charge in [0.1, 0.15) is 0 Å². The van der Waals surface area contributed by atoms with Gasteiger partial charge < -0.3 is 20.5 Å². The Morgan fingerprint density at radius 3 is 2.70 bits per heavy atom. The van der Waals surface area contributed by atoms with E-state index in [9.17, 15) is 5.11 Å². The Kier molecular flexibility index (Phi) is 6.01. The number of hydrogen-bond donors (Lipinski definition) is 3. The van der Waals surface area contributed by atoms with Gasteiger partial charge in [0, 0.05) is 35.4 Å². The number of benzene rings is 2. The van der Waals surface area contributed by atoms with Crippen LogP contribution in [0.3, 0.4) is 0 Å². The first-order chi connectivity index (χ1) is 14.5. The van der Waals surface area contributed by atoms with Gasteiger partial charge >= 0.3 is 0 Å². The summed E-state index contributed by atoms with van der Waals surface area (Å²) in [7, 11) is 0. The molecule has 4 rings (SSSR count). The van der Waals surface area contributed by atoms with E-state index in [1.165, 1.54) is 6.21 Å². The monoisotopic (exact) mass is 425 g/mol. The van der Waals surface area contributed by atoms with Crippen molar-refractivity contribution >= 4 is 40.2 Å². The second-order valence-corrected chi connectivity index (χ2v) is 7.98. The molecule has 0 bridgehead atoms. The highest BCUT2D eigenvalue weighted by molar-refractivity contribution is 6.31. The molecule has 8 heteroatoms. The van der Waals surface area contributed by atoms with Crippen LogP contribution in [-0.4, -0.2) is 45.9 Å². The number of oxime groups is 1. The van der Waals surface area contributed by atoms with Gasteiger partial charge in [-0.05, 0) is 54.7 Å².